The molecule has 1 aliphatic rings. The molecule has 0 unspecified atom stereocenters. The number of amides is 1. The van der Waals surface area contributed by atoms with Gasteiger partial charge in [-0.25, -0.2) is 4.98 Å². The predicted molar refractivity (Wildman–Crippen MR) is 107 cm³/mol. The van der Waals surface area contributed by atoms with Gasteiger partial charge in [-0.3, -0.25) is 14.2 Å². The summed E-state index contributed by atoms with van der Waals surface area (Å²) in [4.78, 5) is 28.6. The zero-order valence-electron chi connectivity index (χ0n) is 15.6. The second kappa shape index (κ2) is 7.46. The molecule has 1 fully saturated rings. The Balaban J connectivity index is 1.47. The standard InChI is InChI=1S/C22H23N3O3/c26-20(14-22(21(27)28)12-4-1-5-13-22)24-16-8-10-17(11-9-16)25-15-23-18-6-2-3-7-19(18)25/h2-3,6-11,15H,1,4-5,12-14H2,(H,24,26)(H,27,28). The van der Waals surface area contributed by atoms with Crippen LogP contribution in [0.2, 0.25) is 0 Å². The number of para-hydroxylation sites is 2. The van der Waals surface area contributed by atoms with Crippen LogP contribution in [-0.4, -0.2) is 26.5 Å². The molecular formula is C22H23N3O3. The summed E-state index contributed by atoms with van der Waals surface area (Å²) in [5, 5.41) is 12.5. The highest BCUT2D eigenvalue weighted by molar-refractivity contribution is 5.94. The number of carbonyl (C=O) groups excluding carboxylic acids is 1. The van der Waals surface area contributed by atoms with E-state index in [0.29, 0.717) is 18.5 Å². The Bertz CT molecular complexity index is 1000. The minimum Gasteiger partial charge on any atom is -0.481 e. The lowest BCUT2D eigenvalue weighted by molar-refractivity contribution is -0.153. The molecule has 0 atom stereocenters. The Labute approximate surface area is 163 Å². The fourth-order valence-corrected chi connectivity index (χ4v) is 4.08. The smallest absolute Gasteiger partial charge is 0.310 e. The first-order valence-electron chi connectivity index (χ1n) is 9.63. The zero-order valence-corrected chi connectivity index (χ0v) is 15.6. The number of benzene rings is 2. The summed E-state index contributed by atoms with van der Waals surface area (Å²) in [6.45, 7) is 0. The van der Waals surface area contributed by atoms with Crippen LogP contribution in [0.25, 0.3) is 16.7 Å². The van der Waals surface area contributed by atoms with Crippen LogP contribution in [-0.2, 0) is 9.59 Å². The maximum absolute atomic E-state index is 12.5. The van der Waals surface area contributed by atoms with Gasteiger partial charge in [0.15, 0.2) is 0 Å². The van der Waals surface area contributed by atoms with Gasteiger partial charge in [0.25, 0.3) is 0 Å². The topological polar surface area (TPSA) is 84.2 Å². The molecule has 0 saturated heterocycles. The third-order valence-corrected chi connectivity index (χ3v) is 5.65. The average molecular weight is 377 g/mol. The lowest BCUT2D eigenvalue weighted by Gasteiger charge is -2.32. The van der Waals surface area contributed by atoms with Crippen LogP contribution in [0.4, 0.5) is 5.69 Å². The van der Waals surface area contributed by atoms with Gasteiger partial charge in [-0.2, -0.15) is 0 Å². The van der Waals surface area contributed by atoms with Crippen molar-refractivity contribution in [2.45, 2.75) is 38.5 Å². The summed E-state index contributed by atoms with van der Waals surface area (Å²) < 4.78 is 1.99. The summed E-state index contributed by atoms with van der Waals surface area (Å²) in [5.41, 5.74) is 2.62. The molecule has 0 aliphatic heterocycles. The molecule has 4 rings (SSSR count). The SMILES string of the molecule is O=C(CC1(C(=O)O)CCCCC1)Nc1ccc(-n2cnc3ccccc32)cc1. The number of carbonyl (C=O) groups is 2. The summed E-state index contributed by atoms with van der Waals surface area (Å²) in [5.74, 6) is -1.10. The summed E-state index contributed by atoms with van der Waals surface area (Å²) >= 11 is 0. The molecule has 1 heterocycles. The Morgan fingerprint density at radius 1 is 1.04 bits per heavy atom. The number of rotatable bonds is 5. The molecule has 3 aromatic rings. The van der Waals surface area contributed by atoms with Gasteiger partial charge in [0, 0.05) is 17.8 Å². The lowest BCUT2D eigenvalue weighted by Crippen LogP contribution is -2.37. The van der Waals surface area contributed by atoms with Gasteiger partial charge in [-0.15, -0.1) is 0 Å². The molecule has 28 heavy (non-hydrogen) atoms. The van der Waals surface area contributed by atoms with E-state index in [1.165, 1.54) is 0 Å². The molecule has 2 aromatic carbocycles. The molecule has 0 spiro atoms. The van der Waals surface area contributed by atoms with E-state index < -0.39 is 11.4 Å². The van der Waals surface area contributed by atoms with Crippen LogP contribution in [0.3, 0.4) is 0 Å². The first-order valence-corrected chi connectivity index (χ1v) is 9.63. The van der Waals surface area contributed by atoms with Crippen molar-refractivity contribution in [2.24, 2.45) is 5.41 Å². The maximum Gasteiger partial charge on any atom is 0.310 e. The molecule has 1 saturated carbocycles. The fourth-order valence-electron chi connectivity index (χ4n) is 4.08. The van der Waals surface area contributed by atoms with Crippen molar-refractivity contribution in [3.8, 4) is 5.69 Å². The lowest BCUT2D eigenvalue weighted by atomic mass is 9.71. The monoisotopic (exact) mass is 377 g/mol. The third kappa shape index (κ3) is 3.50. The van der Waals surface area contributed by atoms with Crippen LogP contribution in [0.1, 0.15) is 38.5 Å². The number of hydrogen-bond acceptors (Lipinski definition) is 3. The van der Waals surface area contributed by atoms with Gasteiger partial charge in [-0.05, 0) is 49.2 Å². The Morgan fingerprint density at radius 2 is 1.75 bits per heavy atom. The molecule has 0 radical (unpaired) electrons. The average Bonchev–Trinajstić information content (AvgIpc) is 3.13. The quantitative estimate of drug-likeness (QED) is 0.691. The number of imidazole rings is 1. The predicted octanol–water partition coefficient (Wildman–Crippen LogP) is 4.39. The highest BCUT2D eigenvalue weighted by atomic mass is 16.4. The number of aromatic nitrogens is 2. The van der Waals surface area contributed by atoms with Crippen molar-refractivity contribution >= 4 is 28.6 Å². The van der Waals surface area contributed by atoms with Crippen LogP contribution < -0.4 is 5.32 Å². The molecule has 6 nitrogen and oxygen atoms in total. The van der Waals surface area contributed by atoms with Crippen LogP contribution in [0.15, 0.2) is 54.9 Å². The maximum atomic E-state index is 12.5. The van der Waals surface area contributed by atoms with E-state index in [2.05, 4.69) is 10.3 Å². The Hall–Kier alpha value is -3.15. The van der Waals surface area contributed by atoms with Crippen molar-refractivity contribution in [3.63, 3.8) is 0 Å². The Morgan fingerprint density at radius 3 is 2.46 bits per heavy atom. The van der Waals surface area contributed by atoms with E-state index >= 15 is 0 Å². The Kier molecular flexibility index (Phi) is 4.86. The minimum absolute atomic E-state index is 0.0241. The van der Waals surface area contributed by atoms with Gasteiger partial charge in [0.1, 0.15) is 6.33 Å². The van der Waals surface area contributed by atoms with Gasteiger partial charge in [-0.1, -0.05) is 31.4 Å². The first kappa shape index (κ1) is 18.2. The molecule has 0 bridgehead atoms. The highest BCUT2D eigenvalue weighted by Gasteiger charge is 2.41. The summed E-state index contributed by atoms with van der Waals surface area (Å²) in [6.07, 6.45) is 5.72. The van der Waals surface area contributed by atoms with Crippen molar-refractivity contribution in [1.29, 1.82) is 0 Å². The first-order chi connectivity index (χ1) is 13.6. The number of nitrogens with zero attached hydrogens (tertiary/aromatic N) is 2. The van der Waals surface area contributed by atoms with Crippen LogP contribution >= 0.6 is 0 Å². The van der Waals surface area contributed by atoms with E-state index in [9.17, 15) is 14.7 Å². The van der Waals surface area contributed by atoms with Crippen molar-refractivity contribution in [2.75, 3.05) is 5.32 Å². The van der Waals surface area contributed by atoms with Crippen LogP contribution in [0, 0.1) is 5.41 Å². The number of carboxylic acids is 1. The second-order valence-corrected chi connectivity index (χ2v) is 7.52. The number of hydrogen-bond donors (Lipinski definition) is 2. The van der Waals surface area contributed by atoms with E-state index in [1.807, 2.05) is 53.1 Å². The summed E-state index contributed by atoms with van der Waals surface area (Å²) in [7, 11) is 0. The molecule has 1 aromatic heterocycles. The second-order valence-electron chi connectivity index (χ2n) is 7.52. The normalized spacial score (nSPS) is 16.0. The summed E-state index contributed by atoms with van der Waals surface area (Å²) in [6, 6.07) is 15.4. The number of nitrogens with one attached hydrogen (secondary N) is 1. The van der Waals surface area contributed by atoms with Gasteiger partial charge in [0.2, 0.25) is 5.91 Å². The van der Waals surface area contributed by atoms with Gasteiger partial charge < -0.3 is 10.4 Å². The van der Waals surface area contributed by atoms with E-state index in [4.69, 9.17) is 0 Å². The largest absolute Gasteiger partial charge is 0.481 e. The molecule has 2 N–H and O–H groups in total. The van der Waals surface area contributed by atoms with Gasteiger partial charge in [0.05, 0.1) is 16.4 Å². The van der Waals surface area contributed by atoms with Crippen molar-refractivity contribution < 1.29 is 14.7 Å². The van der Waals surface area contributed by atoms with Gasteiger partial charge >= 0.3 is 5.97 Å². The molecule has 6 heteroatoms. The molecule has 1 aliphatic carbocycles. The van der Waals surface area contributed by atoms with E-state index in [1.54, 1.807) is 6.33 Å². The van der Waals surface area contributed by atoms with E-state index in [0.717, 1.165) is 36.0 Å². The molecule has 1 amide bonds. The third-order valence-electron chi connectivity index (χ3n) is 5.65. The molecular weight excluding hydrogens is 354 g/mol. The highest BCUT2D eigenvalue weighted by Crippen LogP contribution is 2.39. The number of fused-ring (bicyclic) bond motifs is 1. The zero-order chi connectivity index (χ0) is 19.6. The fraction of sp³-hybridized carbons (Fsp3) is 0.318. The minimum atomic E-state index is -0.919. The number of carboxylic acid groups (broad SMARTS) is 1. The number of aliphatic carboxylic acids is 1. The molecule has 144 valence electrons. The van der Waals surface area contributed by atoms with E-state index in [-0.39, 0.29) is 12.3 Å². The van der Waals surface area contributed by atoms with Crippen molar-refractivity contribution in [1.82, 2.24) is 9.55 Å². The number of anilines is 1. The van der Waals surface area contributed by atoms with Crippen molar-refractivity contribution in [3.05, 3.63) is 54.9 Å². The van der Waals surface area contributed by atoms with Crippen LogP contribution in [0.5, 0.6) is 0 Å².